The highest BCUT2D eigenvalue weighted by atomic mass is 127. The number of benzene rings is 1. The first kappa shape index (κ1) is 10.1. The van der Waals surface area contributed by atoms with E-state index in [0.717, 1.165) is 15.7 Å². The van der Waals surface area contributed by atoms with Crippen LogP contribution in [0.3, 0.4) is 0 Å². The van der Waals surface area contributed by atoms with Crippen LogP contribution >= 0.6 is 34.2 Å². The molecule has 0 fully saturated rings. The molecule has 1 rings (SSSR count). The second kappa shape index (κ2) is 4.33. The van der Waals surface area contributed by atoms with Gasteiger partial charge in [-0.05, 0) is 46.7 Å². The van der Waals surface area contributed by atoms with E-state index in [-0.39, 0.29) is 0 Å². The number of halogens is 2. The van der Waals surface area contributed by atoms with E-state index in [1.807, 2.05) is 6.07 Å². The summed E-state index contributed by atoms with van der Waals surface area (Å²) in [7, 11) is 1.63. The largest absolute Gasteiger partial charge is 0.494 e. The molecule has 12 heavy (non-hydrogen) atoms. The van der Waals surface area contributed by atoms with Gasteiger partial charge in [0.2, 0.25) is 0 Å². The molecule has 1 nitrogen and oxygen atoms in total. The van der Waals surface area contributed by atoms with Crippen LogP contribution < -0.4 is 4.74 Å². The Morgan fingerprint density at radius 2 is 2.17 bits per heavy atom. The summed E-state index contributed by atoms with van der Waals surface area (Å²) in [5.41, 5.74) is 1.24. The van der Waals surface area contributed by atoms with Crippen LogP contribution in [-0.2, 0) is 6.42 Å². The number of hydrogen-bond acceptors (Lipinski definition) is 1. The van der Waals surface area contributed by atoms with Crippen LogP contribution in [-0.4, -0.2) is 7.11 Å². The summed E-state index contributed by atoms with van der Waals surface area (Å²) in [5, 5.41) is 0.696. The Hall–Kier alpha value is 0.0400. The number of hydrogen-bond donors (Lipinski definition) is 0. The summed E-state index contributed by atoms with van der Waals surface area (Å²) >= 11 is 8.21. The van der Waals surface area contributed by atoms with Crippen molar-refractivity contribution in [2.45, 2.75) is 13.3 Å². The van der Waals surface area contributed by atoms with E-state index in [9.17, 15) is 0 Å². The van der Waals surface area contributed by atoms with Gasteiger partial charge in [0, 0.05) is 0 Å². The molecule has 0 N–H and O–H groups in total. The topological polar surface area (TPSA) is 9.23 Å². The third-order valence-electron chi connectivity index (χ3n) is 1.67. The molecule has 0 aliphatic carbocycles. The third kappa shape index (κ3) is 2.04. The molecule has 0 aromatic heterocycles. The summed E-state index contributed by atoms with van der Waals surface area (Å²) < 4.78 is 6.20. The molecule has 1 aromatic carbocycles. The van der Waals surface area contributed by atoms with Crippen LogP contribution in [0.1, 0.15) is 12.5 Å². The van der Waals surface area contributed by atoms with Crippen LogP contribution in [0, 0.1) is 3.57 Å². The maximum absolute atomic E-state index is 5.98. The minimum Gasteiger partial charge on any atom is -0.494 e. The SMILES string of the molecule is CCc1cc(Cl)c(OC)c(I)c1. The highest BCUT2D eigenvalue weighted by molar-refractivity contribution is 14.1. The van der Waals surface area contributed by atoms with Gasteiger partial charge in [-0.15, -0.1) is 0 Å². The lowest BCUT2D eigenvalue weighted by Gasteiger charge is -2.07. The van der Waals surface area contributed by atoms with Crippen molar-refractivity contribution >= 4 is 34.2 Å². The predicted molar refractivity (Wildman–Crippen MR) is 60.1 cm³/mol. The van der Waals surface area contributed by atoms with Gasteiger partial charge in [-0.25, -0.2) is 0 Å². The molecule has 0 aliphatic heterocycles. The van der Waals surface area contributed by atoms with E-state index in [2.05, 4.69) is 35.6 Å². The Kier molecular flexibility index (Phi) is 3.65. The molecule has 0 aliphatic rings. The molecule has 0 radical (unpaired) electrons. The summed E-state index contributed by atoms with van der Waals surface area (Å²) in [5.74, 6) is 0.773. The monoisotopic (exact) mass is 296 g/mol. The first-order valence-electron chi connectivity index (χ1n) is 3.71. The smallest absolute Gasteiger partial charge is 0.150 e. The highest BCUT2D eigenvalue weighted by Crippen LogP contribution is 2.31. The van der Waals surface area contributed by atoms with E-state index in [1.54, 1.807) is 7.11 Å². The molecule has 0 spiro atoms. The fourth-order valence-electron chi connectivity index (χ4n) is 1.01. The van der Waals surface area contributed by atoms with Crippen molar-refractivity contribution < 1.29 is 4.74 Å². The molecule has 66 valence electrons. The van der Waals surface area contributed by atoms with Crippen LogP contribution in [0.15, 0.2) is 12.1 Å². The number of ether oxygens (including phenoxy) is 1. The molecular formula is C9H10ClIO. The Morgan fingerprint density at radius 3 is 2.58 bits per heavy atom. The summed E-state index contributed by atoms with van der Waals surface area (Å²) in [6, 6.07) is 4.04. The zero-order valence-electron chi connectivity index (χ0n) is 7.03. The zero-order valence-corrected chi connectivity index (χ0v) is 9.94. The summed E-state index contributed by atoms with van der Waals surface area (Å²) in [6.07, 6.45) is 1.000. The molecule has 1 aromatic rings. The average molecular weight is 297 g/mol. The maximum atomic E-state index is 5.98. The molecular weight excluding hydrogens is 286 g/mol. The van der Waals surface area contributed by atoms with Gasteiger partial charge in [-0.1, -0.05) is 18.5 Å². The average Bonchev–Trinajstić information content (AvgIpc) is 2.03. The second-order valence-electron chi connectivity index (χ2n) is 2.45. The molecule has 0 saturated carbocycles. The van der Waals surface area contributed by atoms with Gasteiger partial charge in [0.25, 0.3) is 0 Å². The van der Waals surface area contributed by atoms with E-state index in [0.29, 0.717) is 5.02 Å². The first-order valence-corrected chi connectivity index (χ1v) is 5.16. The highest BCUT2D eigenvalue weighted by Gasteiger charge is 2.06. The van der Waals surface area contributed by atoms with Crippen molar-refractivity contribution in [3.05, 3.63) is 26.3 Å². The first-order chi connectivity index (χ1) is 5.69. The lowest BCUT2D eigenvalue weighted by Crippen LogP contribution is -1.90. The van der Waals surface area contributed by atoms with Gasteiger partial charge >= 0.3 is 0 Å². The molecule has 0 atom stereocenters. The van der Waals surface area contributed by atoms with Gasteiger partial charge in [0.1, 0.15) is 0 Å². The number of aryl methyl sites for hydroxylation is 1. The molecule has 0 amide bonds. The van der Waals surface area contributed by atoms with E-state index in [1.165, 1.54) is 5.56 Å². The lowest BCUT2D eigenvalue weighted by molar-refractivity contribution is 0.412. The standard InChI is InChI=1S/C9H10ClIO/c1-3-6-4-7(10)9(12-2)8(11)5-6/h4-5H,3H2,1-2H3. The van der Waals surface area contributed by atoms with Gasteiger partial charge < -0.3 is 4.74 Å². The minimum atomic E-state index is 0.696. The second-order valence-corrected chi connectivity index (χ2v) is 4.02. The summed E-state index contributed by atoms with van der Waals surface area (Å²) in [4.78, 5) is 0. The van der Waals surface area contributed by atoms with Crippen molar-refractivity contribution in [1.29, 1.82) is 0 Å². The molecule has 0 unspecified atom stereocenters. The van der Waals surface area contributed by atoms with Crippen LogP contribution in [0.25, 0.3) is 0 Å². The van der Waals surface area contributed by atoms with Crippen molar-refractivity contribution in [3.63, 3.8) is 0 Å². The Morgan fingerprint density at radius 1 is 1.50 bits per heavy atom. The van der Waals surface area contributed by atoms with E-state index in [4.69, 9.17) is 16.3 Å². The van der Waals surface area contributed by atoms with E-state index >= 15 is 0 Å². The third-order valence-corrected chi connectivity index (χ3v) is 2.75. The fraction of sp³-hybridized carbons (Fsp3) is 0.333. The maximum Gasteiger partial charge on any atom is 0.150 e. The van der Waals surface area contributed by atoms with Gasteiger partial charge in [0.05, 0.1) is 15.7 Å². The minimum absolute atomic E-state index is 0.696. The number of rotatable bonds is 2. The number of methoxy groups -OCH3 is 1. The van der Waals surface area contributed by atoms with Gasteiger partial charge in [-0.3, -0.25) is 0 Å². The summed E-state index contributed by atoms with van der Waals surface area (Å²) in [6.45, 7) is 2.11. The van der Waals surface area contributed by atoms with Crippen LogP contribution in [0.4, 0.5) is 0 Å². The normalized spacial score (nSPS) is 10.0. The van der Waals surface area contributed by atoms with Crippen LogP contribution in [0.5, 0.6) is 5.75 Å². The van der Waals surface area contributed by atoms with Crippen molar-refractivity contribution in [2.75, 3.05) is 7.11 Å². The van der Waals surface area contributed by atoms with E-state index < -0.39 is 0 Å². The lowest BCUT2D eigenvalue weighted by atomic mass is 10.2. The van der Waals surface area contributed by atoms with Crippen molar-refractivity contribution in [3.8, 4) is 5.75 Å². The Labute approximate surface area is 91.2 Å². The Bertz CT molecular complexity index is 263. The quantitative estimate of drug-likeness (QED) is 0.759. The van der Waals surface area contributed by atoms with Gasteiger partial charge in [-0.2, -0.15) is 0 Å². The van der Waals surface area contributed by atoms with Crippen LogP contribution in [0.2, 0.25) is 5.02 Å². The predicted octanol–water partition coefficient (Wildman–Crippen LogP) is 3.52. The Balaban J connectivity index is 3.18. The molecule has 0 bridgehead atoms. The molecule has 0 heterocycles. The van der Waals surface area contributed by atoms with Crippen molar-refractivity contribution in [2.24, 2.45) is 0 Å². The molecule has 3 heteroatoms. The molecule has 0 saturated heterocycles. The fourth-order valence-corrected chi connectivity index (χ4v) is 2.40. The van der Waals surface area contributed by atoms with Gasteiger partial charge in [0.15, 0.2) is 5.75 Å². The zero-order chi connectivity index (χ0) is 9.14. The van der Waals surface area contributed by atoms with Crippen molar-refractivity contribution in [1.82, 2.24) is 0 Å².